The van der Waals surface area contributed by atoms with E-state index in [2.05, 4.69) is 53.8 Å². The Labute approximate surface area is 216 Å². The monoisotopic (exact) mass is 501 g/mol. The molecule has 0 spiro atoms. The number of aryl methyl sites for hydroxylation is 1. The molecular weight excluding hydrogens is 470 g/mol. The van der Waals surface area contributed by atoms with Gasteiger partial charge in [-0.2, -0.15) is 11.8 Å². The number of carboxylic acids is 1. The van der Waals surface area contributed by atoms with E-state index in [1.165, 1.54) is 24.0 Å². The lowest BCUT2D eigenvalue weighted by molar-refractivity contribution is -0.139. The van der Waals surface area contributed by atoms with Crippen LogP contribution in [0.2, 0.25) is 0 Å². The van der Waals surface area contributed by atoms with Crippen LogP contribution in [0.25, 0.3) is 11.1 Å². The van der Waals surface area contributed by atoms with Crippen molar-refractivity contribution in [3.05, 3.63) is 95.1 Å². The summed E-state index contributed by atoms with van der Waals surface area (Å²) in [5.41, 5.74) is 7.44. The molecule has 0 radical (unpaired) electrons. The molecule has 0 bridgehead atoms. The lowest BCUT2D eigenvalue weighted by Gasteiger charge is -2.25. The fraction of sp³-hybridized carbons (Fsp3) is 0.333. The van der Waals surface area contributed by atoms with Crippen LogP contribution in [-0.4, -0.2) is 41.3 Å². The predicted molar refractivity (Wildman–Crippen MR) is 144 cm³/mol. The van der Waals surface area contributed by atoms with Gasteiger partial charge in [0.05, 0.1) is 0 Å². The topological polar surface area (TPSA) is 75.6 Å². The van der Waals surface area contributed by atoms with Crippen molar-refractivity contribution in [2.45, 2.75) is 43.6 Å². The van der Waals surface area contributed by atoms with Gasteiger partial charge in [-0.1, -0.05) is 72.8 Å². The van der Waals surface area contributed by atoms with Gasteiger partial charge in [-0.25, -0.2) is 9.59 Å². The molecule has 2 aliphatic carbocycles. The van der Waals surface area contributed by atoms with Gasteiger partial charge in [-0.05, 0) is 70.7 Å². The van der Waals surface area contributed by atoms with E-state index < -0.39 is 18.1 Å². The Hall–Kier alpha value is -3.25. The van der Waals surface area contributed by atoms with Crippen LogP contribution >= 0.6 is 11.8 Å². The molecular formula is C30H31NO4S. The van der Waals surface area contributed by atoms with E-state index >= 15 is 0 Å². The number of carbonyl (C=O) groups is 2. The molecule has 5 rings (SSSR count). The fourth-order valence-electron chi connectivity index (χ4n) is 5.49. The van der Waals surface area contributed by atoms with Crippen molar-refractivity contribution in [3.63, 3.8) is 0 Å². The molecule has 0 aliphatic heterocycles. The quantitative estimate of drug-likeness (QED) is 0.340. The number of carbonyl (C=O) groups excluding carboxylic acids is 1. The maximum Gasteiger partial charge on any atom is 0.407 e. The summed E-state index contributed by atoms with van der Waals surface area (Å²) < 4.78 is 5.54. The Morgan fingerprint density at radius 1 is 0.944 bits per heavy atom. The normalized spacial score (nSPS) is 16.9. The maximum absolute atomic E-state index is 12.6. The van der Waals surface area contributed by atoms with Crippen LogP contribution in [0.1, 0.15) is 53.4 Å². The molecule has 3 aromatic rings. The summed E-state index contributed by atoms with van der Waals surface area (Å²) in [5, 5.41) is 12.2. The number of thioether (sulfide) groups is 1. The number of alkyl carbamates (subject to hydrolysis) is 1. The number of amides is 1. The van der Waals surface area contributed by atoms with Gasteiger partial charge < -0.3 is 15.2 Å². The van der Waals surface area contributed by atoms with Gasteiger partial charge in [-0.15, -0.1) is 0 Å². The molecule has 186 valence electrons. The van der Waals surface area contributed by atoms with E-state index in [1.807, 2.05) is 24.3 Å². The van der Waals surface area contributed by atoms with E-state index in [9.17, 15) is 14.7 Å². The average Bonchev–Trinajstić information content (AvgIpc) is 3.23. The number of nitrogens with one attached hydrogen (secondary N) is 1. The van der Waals surface area contributed by atoms with E-state index in [0.717, 1.165) is 34.4 Å². The molecule has 2 atom stereocenters. The second-order valence-electron chi connectivity index (χ2n) is 9.51. The average molecular weight is 502 g/mol. The minimum Gasteiger partial charge on any atom is -0.480 e. The number of fused-ring (bicyclic) bond motifs is 4. The molecule has 3 aromatic carbocycles. The predicted octanol–water partition coefficient (Wildman–Crippen LogP) is 6.22. The largest absolute Gasteiger partial charge is 0.480 e. The van der Waals surface area contributed by atoms with E-state index in [1.54, 1.807) is 11.8 Å². The third-order valence-corrected chi connectivity index (χ3v) is 8.46. The lowest BCUT2D eigenvalue weighted by Crippen LogP contribution is -2.41. The van der Waals surface area contributed by atoms with Crippen molar-refractivity contribution in [3.8, 4) is 11.1 Å². The second-order valence-corrected chi connectivity index (χ2v) is 10.7. The third-order valence-electron chi connectivity index (χ3n) is 7.30. The minimum atomic E-state index is -1.04. The summed E-state index contributed by atoms with van der Waals surface area (Å²) in [5.74, 6) is 1.05. The first kappa shape index (κ1) is 24.4. The van der Waals surface area contributed by atoms with Crippen molar-refractivity contribution >= 4 is 23.8 Å². The van der Waals surface area contributed by atoms with Crippen molar-refractivity contribution in [2.24, 2.45) is 0 Å². The summed E-state index contributed by atoms with van der Waals surface area (Å²) in [4.78, 5) is 24.4. The zero-order valence-corrected chi connectivity index (χ0v) is 21.0. The Morgan fingerprint density at radius 3 is 2.28 bits per heavy atom. The summed E-state index contributed by atoms with van der Waals surface area (Å²) >= 11 is 1.76. The van der Waals surface area contributed by atoms with Gasteiger partial charge in [0.2, 0.25) is 0 Å². The summed E-state index contributed by atoms with van der Waals surface area (Å²) in [7, 11) is 0. The highest BCUT2D eigenvalue weighted by molar-refractivity contribution is 7.99. The van der Waals surface area contributed by atoms with E-state index in [0.29, 0.717) is 18.1 Å². The van der Waals surface area contributed by atoms with Crippen LogP contribution < -0.4 is 5.32 Å². The SMILES string of the molecule is O=C(NC(CCSCC1CCCc2ccccc21)C(=O)O)OCC1c2ccccc2-c2ccccc21. The smallest absolute Gasteiger partial charge is 0.407 e. The highest BCUT2D eigenvalue weighted by atomic mass is 32.2. The molecule has 36 heavy (non-hydrogen) atoms. The van der Waals surface area contributed by atoms with E-state index in [4.69, 9.17) is 4.74 Å². The van der Waals surface area contributed by atoms with Crippen LogP contribution in [0, 0.1) is 0 Å². The minimum absolute atomic E-state index is 0.0552. The molecule has 0 heterocycles. The molecule has 6 heteroatoms. The molecule has 0 fully saturated rings. The van der Waals surface area contributed by atoms with Crippen molar-refractivity contribution < 1.29 is 19.4 Å². The van der Waals surface area contributed by atoms with Gasteiger partial charge in [0, 0.05) is 11.7 Å². The van der Waals surface area contributed by atoms with Gasteiger partial charge in [-0.3, -0.25) is 0 Å². The Bertz CT molecular complexity index is 1200. The Kier molecular flexibility index (Phi) is 7.61. The number of hydrogen-bond donors (Lipinski definition) is 2. The summed E-state index contributed by atoms with van der Waals surface area (Å²) in [6.45, 7) is 0.169. The second kappa shape index (κ2) is 11.2. The lowest BCUT2D eigenvalue weighted by atomic mass is 9.84. The third kappa shape index (κ3) is 5.29. The number of carboxylic acid groups (broad SMARTS) is 1. The summed E-state index contributed by atoms with van der Waals surface area (Å²) in [6.07, 6.45) is 3.19. The van der Waals surface area contributed by atoms with Gasteiger partial charge in [0.15, 0.2) is 0 Å². The van der Waals surface area contributed by atoms with Crippen molar-refractivity contribution in [1.82, 2.24) is 5.32 Å². The molecule has 1 amide bonds. The van der Waals surface area contributed by atoms with Gasteiger partial charge in [0.25, 0.3) is 0 Å². The number of benzene rings is 3. The van der Waals surface area contributed by atoms with Crippen LogP contribution in [0.3, 0.4) is 0 Å². The zero-order chi connectivity index (χ0) is 24.9. The van der Waals surface area contributed by atoms with Crippen molar-refractivity contribution in [1.29, 1.82) is 0 Å². The standard InChI is InChI=1S/C30H31NO4S/c32-29(33)28(16-17-36-19-21-10-7-9-20-8-1-2-11-22(20)21)31-30(34)35-18-27-25-14-5-3-12-23(25)24-13-4-6-15-26(24)27/h1-6,8,11-15,21,27-28H,7,9-10,16-19H2,(H,31,34)(H,32,33). The highest BCUT2D eigenvalue weighted by Crippen LogP contribution is 2.44. The van der Waals surface area contributed by atoms with Crippen molar-refractivity contribution in [2.75, 3.05) is 18.1 Å². The molecule has 2 N–H and O–H groups in total. The molecule has 5 nitrogen and oxygen atoms in total. The molecule has 0 saturated heterocycles. The number of rotatable bonds is 9. The first-order valence-electron chi connectivity index (χ1n) is 12.6. The maximum atomic E-state index is 12.6. The van der Waals surface area contributed by atoms with E-state index in [-0.39, 0.29) is 12.5 Å². The highest BCUT2D eigenvalue weighted by Gasteiger charge is 2.30. The number of hydrogen-bond acceptors (Lipinski definition) is 4. The molecule has 2 unspecified atom stereocenters. The van der Waals surface area contributed by atoms with Gasteiger partial charge in [0.1, 0.15) is 12.6 Å². The molecule has 2 aliphatic rings. The van der Waals surface area contributed by atoms with Crippen LogP contribution in [0.5, 0.6) is 0 Å². The van der Waals surface area contributed by atoms with Crippen LogP contribution in [0.4, 0.5) is 4.79 Å². The zero-order valence-electron chi connectivity index (χ0n) is 20.2. The Balaban J connectivity index is 1.12. The van der Waals surface area contributed by atoms with Gasteiger partial charge >= 0.3 is 12.1 Å². The fourth-order valence-corrected chi connectivity index (χ4v) is 6.69. The first-order chi connectivity index (χ1) is 17.6. The molecule has 0 saturated carbocycles. The van der Waals surface area contributed by atoms with Crippen LogP contribution in [0.15, 0.2) is 72.8 Å². The number of ether oxygens (including phenoxy) is 1. The number of aliphatic carboxylic acids is 1. The Morgan fingerprint density at radius 2 is 1.58 bits per heavy atom. The first-order valence-corrected chi connectivity index (χ1v) is 13.8. The summed E-state index contributed by atoms with van der Waals surface area (Å²) in [6, 6.07) is 23.9. The molecule has 0 aromatic heterocycles. The van der Waals surface area contributed by atoms with Crippen LogP contribution in [-0.2, 0) is 16.0 Å².